The third-order valence-electron chi connectivity index (χ3n) is 5.07. The first kappa shape index (κ1) is 19.0. The summed E-state index contributed by atoms with van der Waals surface area (Å²) in [4.78, 5) is 12.3. The molecule has 2 aromatic rings. The van der Waals surface area contributed by atoms with Gasteiger partial charge in [-0.15, -0.1) is 0 Å². The van der Waals surface area contributed by atoms with E-state index in [1.807, 2.05) is 12.1 Å². The molecular weight excluding hydrogens is 342 g/mol. The van der Waals surface area contributed by atoms with E-state index in [1.165, 1.54) is 11.6 Å². The number of hydrogen-bond donors (Lipinski definition) is 2. The predicted octanol–water partition coefficient (Wildman–Crippen LogP) is 3.28. The van der Waals surface area contributed by atoms with Gasteiger partial charge in [0.25, 0.3) is 0 Å². The van der Waals surface area contributed by atoms with E-state index >= 15 is 0 Å². The minimum atomic E-state index is -0.137. The molecule has 0 unspecified atom stereocenters. The Kier molecular flexibility index (Phi) is 6.14. The van der Waals surface area contributed by atoms with Crippen molar-refractivity contribution >= 4 is 12.0 Å². The number of ether oxygens (including phenoxy) is 2. The van der Waals surface area contributed by atoms with Gasteiger partial charge in [0, 0.05) is 31.2 Å². The van der Waals surface area contributed by atoms with Gasteiger partial charge in [0.05, 0.1) is 7.11 Å². The van der Waals surface area contributed by atoms with Crippen molar-refractivity contribution in [2.75, 3.05) is 26.9 Å². The van der Waals surface area contributed by atoms with Gasteiger partial charge in [-0.05, 0) is 54.3 Å². The Labute approximate surface area is 159 Å². The van der Waals surface area contributed by atoms with Crippen LogP contribution in [0.5, 0.6) is 11.5 Å². The first-order valence-electron chi connectivity index (χ1n) is 9.09. The molecule has 5 heteroatoms. The summed E-state index contributed by atoms with van der Waals surface area (Å²) in [5.74, 6) is 0.891. The lowest BCUT2D eigenvalue weighted by atomic mass is 9.74. The number of phenols is 1. The Hall–Kier alpha value is -2.79. The highest BCUT2D eigenvalue weighted by atomic mass is 16.5. The molecule has 0 aromatic heterocycles. The summed E-state index contributed by atoms with van der Waals surface area (Å²) in [5, 5.41) is 12.4. The number of nitrogens with one attached hydrogen (secondary N) is 1. The fourth-order valence-electron chi connectivity index (χ4n) is 3.35. The molecule has 0 saturated carbocycles. The number of hydrogen-bond acceptors (Lipinski definition) is 4. The molecule has 0 atom stereocenters. The van der Waals surface area contributed by atoms with Crippen LogP contribution < -0.4 is 10.1 Å². The molecule has 2 aromatic carbocycles. The standard InChI is InChI=1S/C22H25NO4/c1-26-20-9-5-18(6-10-20)22(12-14-27-15-13-22)16-23-21(25)11-4-17-2-7-19(24)8-3-17/h2-11,24H,12-16H2,1H3,(H,23,25). The van der Waals surface area contributed by atoms with Gasteiger partial charge in [0.1, 0.15) is 11.5 Å². The predicted molar refractivity (Wildman–Crippen MR) is 105 cm³/mol. The maximum Gasteiger partial charge on any atom is 0.244 e. The Morgan fingerprint density at radius 3 is 2.44 bits per heavy atom. The van der Waals surface area contributed by atoms with Crippen LogP contribution in [0.1, 0.15) is 24.0 Å². The number of carbonyl (C=O) groups excluding carboxylic acids is 1. The van der Waals surface area contributed by atoms with Gasteiger partial charge >= 0.3 is 0 Å². The summed E-state index contributed by atoms with van der Waals surface area (Å²) >= 11 is 0. The van der Waals surface area contributed by atoms with E-state index in [-0.39, 0.29) is 17.1 Å². The molecule has 2 N–H and O–H groups in total. The minimum Gasteiger partial charge on any atom is -0.508 e. The van der Waals surface area contributed by atoms with Crippen LogP contribution in [-0.4, -0.2) is 37.9 Å². The van der Waals surface area contributed by atoms with Gasteiger partial charge in [-0.2, -0.15) is 0 Å². The van der Waals surface area contributed by atoms with Gasteiger partial charge < -0.3 is 19.9 Å². The van der Waals surface area contributed by atoms with Gasteiger partial charge in [-0.1, -0.05) is 24.3 Å². The van der Waals surface area contributed by atoms with E-state index in [1.54, 1.807) is 37.5 Å². The van der Waals surface area contributed by atoms with Crippen LogP contribution in [0.2, 0.25) is 0 Å². The normalized spacial score (nSPS) is 16.2. The van der Waals surface area contributed by atoms with E-state index in [9.17, 15) is 9.90 Å². The van der Waals surface area contributed by atoms with Crippen LogP contribution in [0.3, 0.4) is 0 Å². The van der Waals surface area contributed by atoms with E-state index in [0.717, 1.165) is 24.2 Å². The van der Waals surface area contributed by atoms with Crippen LogP contribution in [0, 0.1) is 0 Å². The number of carbonyl (C=O) groups is 1. The summed E-state index contributed by atoms with van der Waals surface area (Å²) in [6, 6.07) is 14.8. The summed E-state index contributed by atoms with van der Waals surface area (Å²) < 4.78 is 10.8. The molecule has 142 valence electrons. The highest BCUT2D eigenvalue weighted by Crippen LogP contribution is 2.35. The molecule has 1 fully saturated rings. The fraction of sp³-hybridized carbons (Fsp3) is 0.318. The number of aromatic hydroxyl groups is 1. The molecule has 0 radical (unpaired) electrons. The quantitative estimate of drug-likeness (QED) is 0.769. The van der Waals surface area contributed by atoms with Crippen molar-refractivity contribution in [3.8, 4) is 11.5 Å². The van der Waals surface area contributed by atoms with Crippen molar-refractivity contribution in [2.45, 2.75) is 18.3 Å². The van der Waals surface area contributed by atoms with Crippen LogP contribution in [0.4, 0.5) is 0 Å². The van der Waals surface area contributed by atoms with Gasteiger partial charge in [0.2, 0.25) is 5.91 Å². The average molecular weight is 367 g/mol. The van der Waals surface area contributed by atoms with Crippen LogP contribution in [0.15, 0.2) is 54.6 Å². The Balaban J connectivity index is 1.67. The Morgan fingerprint density at radius 2 is 1.81 bits per heavy atom. The van der Waals surface area contributed by atoms with Crippen molar-refractivity contribution in [1.29, 1.82) is 0 Å². The molecule has 0 spiro atoms. The second-order valence-corrected chi connectivity index (χ2v) is 6.76. The first-order chi connectivity index (χ1) is 13.1. The molecule has 1 amide bonds. The summed E-state index contributed by atoms with van der Waals surface area (Å²) in [7, 11) is 1.65. The van der Waals surface area contributed by atoms with Crippen molar-refractivity contribution < 1.29 is 19.4 Å². The van der Waals surface area contributed by atoms with E-state index in [0.29, 0.717) is 19.8 Å². The van der Waals surface area contributed by atoms with E-state index in [2.05, 4.69) is 17.4 Å². The smallest absolute Gasteiger partial charge is 0.244 e. The lowest BCUT2D eigenvalue weighted by molar-refractivity contribution is -0.116. The second-order valence-electron chi connectivity index (χ2n) is 6.76. The summed E-state index contributed by atoms with van der Waals surface area (Å²) in [5.41, 5.74) is 1.92. The molecule has 0 aliphatic carbocycles. The second kappa shape index (κ2) is 8.73. The molecule has 1 aliphatic heterocycles. The highest BCUT2D eigenvalue weighted by Gasteiger charge is 2.34. The lowest BCUT2D eigenvalue weighted by Crippen LogP contribution is -2.44. The van der Waals surface area contributed by atoms with Crippen molar-refractivity contribution in [3.63, 3.8) is 0 Å². The summed E-state index contributed by atoms with van der Waals surface area (Å²) in [6.45, 7) is 1.93. The molecule has 0 bridgehead atoms. The number of amides is 1. The largest absolute Gasteiger partial charge is 0.508 e. The molecule has 1 aliphatic rings. The molecular formula is C22H25NO4. The molecule has 3 rings (SSSR count). The third kappa shape index (κ3) is 4.89. The van der Waals surface area contributed by atoms with E-state index < -0.39 is 0 Å². The number of benzene rings is 2. The summed E-state index contributed by atoms with van der Waals surface area (Å²) in [6.07, 6.45) is 4.98. The third-order valence-corrected chi connectivity index (χ3v) is 5.07. The lowest BCUT2D eigenvalue weighted by Gasteiger charge is -2.38. The van der Waals surface area contributed by atoms with Gasteiger partial charge in [0.15, 0.2) is 0 Å². The fourth-order valence-corrected chi connectivity index (χ4v) is 3.35. The van der Waals surface area contributed by atoms with Crippen LogP contribution >= 0.6 is 0 Å². The Bertz CT molecular complexity index is 775. The minimum absolute atomic E-state index is 0.132. The highest BCUT2D eigenvalue weighted by molar-refractivity contribution is 5.91. The topological polar surface area (TPSA) is 67.8 Å². The first-order valence-corrected chi connectivity index (χ1v) is 9.09. The van der Waals surface area contributed by atoms with Gasteiger partial charge in [-0.25, -0.2) is 0 Å². The number of rotatable bonds is 6. The van der Waals surface area contributed by atoms with Gasteiger partial charge in [-0.3, -0.25) is 4.79 Å². The van der Waals surface area contributed by atoms with Crippen LogP contribution in [-0.2, 0) is 14.9 Å². The number of phenolic OH excluding ortho intramolecular Hbond substituents is 1. The van der Waals surface area contributed by atoms with E-state index in [4.69, 9.17) is 9.47 Å². The monoisotopic (exact) mass is 367 g/mol. The zero-order valence-electron chi connectivity index (χ0n) is 15.5. The molecule has 5 nitrogen and oxygen atoms in total. The molecule has 27 heavy (non-hydrogen) atoms. The Morgan fingerprint density at radius 1 is 1.15 bits per heavy atom. The average Bonchev–Trinajstić information content (AvgIpc) is 2.72. The van der Waals surface area contributed by atoms with Crippen molar-refractivity contribution in [3.05, 3.63) is 65.7 Å². The molecule has 1 heterocycles. The van der Waals surface area contributed by atoms with Crippen molar-refractivity contribution in [1.82, 2.24) is 5.32 Å². The molecule has 1 saturated heterocycles. The van der Waals surface area contributed by atoms with Crippen LogP contribution in [0.25, 0.3) is 6.08 Å². The van der Waals surface area contributed by atoms with Crippen molar-refractivity contribution in [2.24, 2.45) is 0 Å². The zero-order chi connectivity index (χ0) is 19.1. The maximum absolute atomic E-state index is 12.3. The maximum atomic E-state index is 12.3. The number of methoxy groups -OCH3 is 1. The zero-order valence-corrected chi connectivity index (χ0v) is 15.5. The SMILES string of the molecule is COc1ccc(C2(CNC(=O)C=Cc3ccc(O)cc3)CCOCC2)cc1.